The number of rotatable bonds is 3. The van der Waals surface area contributed by atoms with Crippen molar-refractivity contribution in [2.45, 2.75) is 25.8 Å². The molecule has 0 spiro atoms. The standard InChI is InChI=1S/C20H22N2O3/c1-14-5-7-15(8-6-14)18-4-3-13-22(18)20(24)19(23)21-16-9-11-17(25-2)12-10-16/h5-12,18H,3-4,13H2,1-2H3,(H,21,23). The van der Waals surface area contributed by atoms with Gasteiger partial charge in [0, 0.05) is 12.2 Å². The minimum Gasteiger partial charge on any atom is -0.497 e. The van der Waals surface area contributed by atoms with Gasteiger partial charge in [0.1, 0.15) is 5.75 Å². The molecule has 1 aliphatic heterocycles. The van der Waals surface area contributed by atoms with Crippen LogP contribution in [0.2, 0.25) is 0 Å². The van der Waals surface area contributed by atoms with Crippen LogP contribution in [0.1, 0.15) is 30.0 Å². The molecule has 1 unspecified atom stereocenters. The topological polar surface area (TPSA) is 58.6 Å². The number of ether oxygens (including phenoxy) is 1. The second kappa shape index (κ2) is 7.38. The third kappa shape index (κ3) is 3.82. The van der Waals surface area contributed by atoms with E-state index in [4.69, 9.17) is 4.74 Å². The number of hydrogen-bond acceptors (Lipinski definition) is 3. The SMILES string of the molecule is COc1ccc(NC(=O)C(=O)N2CCCC2c2ccc(C)cc2)cc1. The lowest BCUT2D eigenvalue weighted by molar-refractivity contribution is -0.143. The molecule has 5 nitrogen and oxygen atoms in total. The minimum absolute atomic E-state index is 0.0327. The van der Waals surface area contributed by atoms with Crippen molar-refractivity contribution in [1.29, 1.82) is 0 Å². The molecule has 3 rings (SSSR count). The number of hydrogen-bond donors (Lipinski definition) is 1. The molecule has 0 radical (unpaired) electrons. The Morgan fingerprint density at radius 1 is 1.08 bits per heavy atom. The smallest absolute Gasteiger partial charge is 0.313 e. The Hall–Kier alpha value is -2.82. The van der Waals surface area contributed by atoms with Crippen molar-refractivity contribution in [3.63, 3.8) is 0 Å². The first-order valence-electron chi connectivity index (χ1n) is 8.41. The third-order valence-corrected chi connectivity index (χ3v) is 4.52. The van der Waals surface area contributed by atoms with Gasteiger partial charge in [0.05, 0.1) is 13.2 Å². The Morgan fingerprint density at radius 3 is 2.40 bits per heavy atom. The summed E-state index contributed by atoms with van der Waals surface area (Å²) in [6.07, 6.45) is 1.78. The molecule has 1 atom stereocenters. The summed E-state index contributed by atoms with van der Waals surface area (Å²) < 4.78 is 5.09. The number of carbonyl (C=O) groups excluding carboxylic acids is 2. The van der Waals surface area contributed by atoms with Crippen LogP contribution < -0.4 is 10.1 Å². The number of carbonyl (C=O) groups is 2. The third-order valence-electron chi connectivity index (χ3n) is 4.52. The van der Waals surface area contributed by atoms with Crippen LogP contribution in [0, 0.1) is 6.92 Å². The number of anilines is 1. The maximum Gasteiger partial charge on any atom is 0.313 e. The zero-order valence-corrected chi connectivity index (χ0v) is 14.5. The van der Waals surface area contributed by atoms with Gasteiger partial charge >= 0.3 is 11.8 Å². The number of amides is 2. The highest BCUT2D eigenvalue weighted by atomic mass is 16.5. The highest BCUT2D eigenvalue weighted by molar-refractivity contribution is 6.39. The summed E-state index contributed by atoms with van der Waals surface area (Å²) in [7, 11) is 1.58. The van der Waals surface area contributed by atoms with Crippen LogP contribution in [0.15, 0.2) is 48.5 Å². The van der Waals surface area contributed by atoms with Gasteiger partial charge in [-0.3, -0.25) is 9.59 Å². The fraction of sp³-hybridized carbons (Fsp3) is 0.300. The van der Waals surface area contributed by atoms with Crippen LogP contribution in [-0.4, -0.2) is 30.4 Å². The van der Waals surface area contributed by atoms with Gasteiger partial charge in [0.15, 0.2) is 0 Å². The van der Waals surface area contributed by atoms with Crippen LogP contribution in [-0.2, 0) is 9.59 Å². The molecular weight excluding hydrogens is 316 g/mol. The van der Waals surface area contributed by atoms with Gasteiger partial charge in [0.25, 0.3) is 0 Å². The molecule has 130 valence electrons. The highest BCUT2D eigenvalue weighted by Crippen LogP contribution is 2.32. The molecule has 2 amide bonds. The van der Waals surface area contributed by atoms with Gasteiger partial charge in [0.2, 0.25) is 0 Å². The number of nitrogens with zero attached hydrogens (tertiary/aromatic N) is 1. The number of benzene rings is 2. The van der Waals surface area contributed by atoms with Crippen molar-refractivity contribution in [2.24, 2.45) is 0 Å². The van der Waals surface area contributed by atoms with E-state index in [0.717, 1.165) is 18.4 Å². The van der Waals surface area contributed by atoms with Crippen molar-refractivity contribution >= 4 is 17.5 Å². The minimum atomic E-state index is -0.607. The molecule has 2 aromatic carbocycles. The summed E-state index contributed by atoms with van der Waals surface area (Å²) >= 11 is 0. The number of methoxy groups -OCH3 is 1. The monoisotopic (exact) mass is 338 g/mol. The summed E-state index contributed by atoms with van der Waals surface area (Å²) in [6, 6.07) is 15.0. The first-order chi connectivity index (χ1) is 12.1. The lowest BCUT2D eigenvalue weighted by Gasteiger charge is -2.24. The number of likely N-dealkylation sites (tertiary alicyclic amines) is 1. The Balaban J connectivity index is 1.69. The quantitative estimate of drug-likeness (QED) is 0.874. The molecule has 0 bridgehead atoms. The lowest BCUT2D eigenvalue weighted by atomic mass is 10.0. The molecular formula is C20H22N2O3. The van der Waals surface area contributed by atoms with E-state index in [1.807, 2.05) is 31.2 Å². The fourth-order valence-corrected chi connectivity index (χ4v) is 3.13. The van der Waals surface area contributed by atoms with Crippen LogP contribution >= 0.6 is 0 Å². The van der Waals surface area contributed by atoms with Gasteiger partial charge in [-0.25, -0.2) is 0 Å². The Morgan fingerprint density at radius 2 is 1.76 bits per heavy atom. The highest BCUT2D eigenvalue weighted by Gasteiger charge is 2.33. The van der Waals surface area contributed by atoms with Crippen LogP contribution in [0.5, 0.6) is 5.75 Å². The molecule has 1 aliphatic rings. The van der Waals surface area contributed by atoms with Crippen molar-refractivity contribution in [3.05, 3.63) is 59.7 Å². The molecule has 1 heterocycles. The average molecular weight is 338 g/mol. The van der Waals surface area contributed by atoms with Crippen molar-refractivity contribution in [1.82, 2.24) is 4.90 Å². The molecule has 0 aliphatic carbocycles. The van der Waals surface area contributed by atoms with E-state index in [0.29, 0.717) is 18.0 Å². The Labute approximate surface area is 147 Å². The number of aryl methyl sites for hydroxylation is 1. The van der Waals surface area contributed by atoms with E-state index in [-0.39, 0.29) is 6.04 Å². The van der Waals surface area contributed by atoms with Gasteiger partial charge in [-0.2, -0.15) is 0 Å². The summed E-state index contributed by atoms with van der Waals surface area (Å²) in [5, 5.41) is 2.67. The maximum absolute atomic E-state index is 12.6. The van der Waals surface area contributed by atoms with E-state index in [2.05, 4.69) is 5.32 Å². The Kier molecular flexibility index (Phi) is 5.03. The van der Waals surface area contributed by atoms with Gasteiger partial charge in [-0.1, -0.05) is 29.8 Å². The van der Waals surface area contributed by atoms with Crippen molar-refractivity contribution < 1.29 is 14.3 Å². The van der Waals surface area contributed by atoms with E-state index in [1.54, 1.807) is 36.3 Å². The molecule has 1 N–H and O–H groups in total. The molecule has 0 aromatic heterocycles. The second-order valence-electron chi connectivity index (χ2n) is 6.25. The molecule has 0 saturated carbocycles. The predicted octanol–water partition coefficient (Wildman–Crippen LogP) is 3.31. The van der Waals surface area contributed by atoms with E-state index >= 15 is 0 Å². The van der Waals surface area contributed by atoms with Crippen LogP contribution in [0.3, 0.4) is 0 Å². The van der Waals surface area contributed by atoms with E-state index in [9.17, 15) is 9.59 Å². The lowest BCUT2D eigenvalue weighted by Crippen LogP contribution is -2.39. The first-order valence-corrected chi connectivity index (χ1v) is 8.41. The van der Waals surface area contributed by atoms with Crippen LogP contribution in [0.25, 0.3) is 0 Å². The average Bonchev–Trinajstić information content (AvgIpc) is 3.12. The van der Waals surface area contributed by atoms with Gasteiger partial charge < -0.3 is 15.0 Å². The zero-order valence-electron chi connectivity index (χ0n) is 14.5. The maximum atomic E-state index is 12.6. The number of nitrogens with one attached hydrogen (secondary N) is 1. The predicted molar refractivity (Wildman–Crippen MR) is 96.5 cm³/mol. The first kappa shape index (κ1) is 17.0. The van der Waals surface area contributed by atoms with Crippen molar-refractivity contribution in [3.8, 4) is 5.75 Å². The molecule has 25 heavy (non-hydrogen) atoms. The van der Waals surface area contributed by atoms with Gasteiger partial charge in [-0.05, 0) is 49.6 Å². The summed E-state index contributed by atoms with van der Waals surface area (Å²) in [6.45, 7) is 2.64. The second-order valence-corrected chi connectivity index (χ2v) is 6.25. The molecule has 2 aromatic rings. The normalized spacial score (nSPS) is 16.6. The molecule has 1 fully saturated rings. The van der Waals surface area contributed by atoms with Gasteiger partial charge in [-0.15, -0.1) is 0 Å². The zero-order chi connectivity index (χ0) is 17.8. The van der Waals surface area contributed by atoms with Crippen molar-refractivity contribution in [2.75, 3.05) is 19.0 Å². The Bertz CT molecular complexity index is 754. The molecule has 5 heteroatoms. The summed E-state index contributed by atoms with van der Waals surface area (Å²) in [5.41, 5.74) is 2.83. The van der Waals surface area contributed by atoms with Crippen LogP contribution in [0.4, 0.5) is 5.69 Å². The van der Waals surface area contributed by atoms with E-state index in [1.165, 1.54) is 5.56 Å². The largest absolute Gasteiger partial charge is 0.497 e. The molecule has 1 saturated heterocycles. The summed E-state index contributed by atoms with van der Waals surface area (Å²) in [4.78, 5) is 26.6. The van der Waals surface area contributed by atoms with E-state index < -0.39 is 11.8 Å². The summed E-state index contributed by atoms with van der Waals surface area (Å²) in [5.74, 6) is -0.397. The fourth-order valence-electron chi connectivity index (χ4n) is 3.13.